The number of carbonyl (C=O) groups excluding carboxylic acids is 2. The van der Waals surface area contributed by atoms with Crippen molar-refractivity contribution in [2.24, 2.45) is 0 Å². The summed E-state index contributed by atoms with van der Waals surface area (Å²) >= 11 is 0. The molecule has 0 spiro atoms. The van der Waals surface area contributed by atoms with Gasteiger partial charge in [-0.2, -0.15) is 0 Å². The number of hydrogen-bond acceptors (Lipinski definition) is 3. The van der Waals surface area contributed by atoms with Gasteiger partial charge in [-0.1, -0.05) is 30.3 Å². The SMILES string of the molecule is CCOc1ccccc1NC(=O)C1CC(=O)Nc2ccccc21. The van der Waals surface area contributed by atoms with Crippen LogP contribution < -0.4 is 15.4 Å². The molecule has 5 nitrogen and oxygen atoms in total. The van der Waals surface area contributed by atoms with Gasteiger partial charge >= 0.3 is 0 Å². The zero-order valence-corrected chi connectivity index (χ0v) is 12.8. The van der Waals surface area contributed by atoms with E-state index in [9.17, 15) is 9.59 Å². The van der Waals surface area contributed by atoms with E-state index in [1.54, 1.807) is 18.2 Å². The predicted octanol–water partition coefficient (Wildman–Crippen LogP) is 3.15. The van der Waals surface area contributed by atoms with Gasteiger partial charge in [0.05, 0.1) is 18.2 Å². The normalized spacial score (nSPS) is 16.2. The number of rotatable bonds is 4. The molecule has 1 atom stereocenters. The Kier molecular flexibility index (Phi) is 4.28. The summed E-state index contributed by atoms with van der Waals surface area (Å²) < 4.78 is 5.52. The monoisotopic (exact) mass is 310 g/mol. The first-order valence-electron chi connectivity index (χ1n) is 7.60. The topological polar surface area (TPSA) is 67.4 Å². The minimum atomic E-state index is -0.505. The van der Waals surface area contributed by atoms with Gasteiger partial charge in [0.1, 0.15) is 5.75 Å². The van der Waals surface area contributed by atoms with Crippen LogP contribution in [0.4, 0.5) is 11.4 Å². The summed E-state index contributed by atoms with van der Waals surface area (Å²) in [6.07, 6.45) is 0.139. The third-order valence-corrected chi connectivity index (χ3v) is 3.76. The zero-order valence-electron chi connectivity index (χ0n) is 12.8. The molecule has 3 rings (SSSR count). The Labute approximate surface area is 134 Å². The van der Waals surface area contributed by atoms with Gasteiger partial charge < -0.3 is 15.4 Å². The highest BCUT2D eigenvalue weighted by molar-refractivity contribution is 6.05. The number of hydrogen-bond donors (Lipinski definition) is 2. The van der Waals surface area contributed by atoms with Crippen molar-refractivity contribution in [2.75, 3.05) is 17.2 Å². The van der Waals surface area contributed by atoms with Crippen LogP contribution >= 0.6 is 0 Å². The van der Waals surface area contributed by atoms with Crippen molar-refractivity contribution < 1.29 is 14.3 Å². The number of amides is 2. The number of carbonyl (C=O) groups is 2. The predicted molar refractivity (Wildman–Crippen MR) is 88.7 cm³/mol. The van der Waals surface area contributed by atoms with Crippen LogP contribution in [0.15, 0.2) is 48.5 Å². The fourth-order valence-corrected chi connectivity index (χ4v) is 2.72. The van der Waals surface area contributed by atoms with E-state index in [1.807, 2.05) is 37.3 Å². The summed E-state index contributed by atoms with van der Waals surface area (Å²) in [5, 5.41) is 5.68. The first-order valence-corrected chi connectivity index (χ1v) is 7.60. The molecule has 1 aliphatic rings. The third kappa shape index (κ3) is 3.18. The number of para-hydroxylation sites is 3. The number of benzene rings is 2. The van der Waals surface area contributed by atoms with Gasteiger partial charge in [-0.3, -0.25) is 9.59 Å². The molecule has 0 aliphatic carbocycles. The van der Waals surface area contributed by atoms with E-state index < -0.39 is 5.92 Å². The van der Waals surface area contributed by atoms with Crippen molar-refractivity contribution in [3.8, 4) is 5.75 Å². The minimum absolute atomic E-state index is 0.139. The highest BCUT2D eigenvalue weighted by Crippen LogP contribution is 2.33. The molecule has 5 heteroatoms. The molecule has 0 bridgehead atoms. The molecule has 1 aliphatic heterocycles. The van der Waals surface area contributed by atoms with Gasteiger partial charge in [-0.05, 0) is 30.7 Å². The van der Waals surface area contributed by atoms with E-state index in [0.29, 0.717) is 23.7 Å². The lowest BCUT2D eigenvalue weighted by Gasteiger charge is -2.25. The molecule has 118 valence electrons. The minimum Gasteiger partial charge on any atom is -0.492 e. The molecule has 1 heterocycles. The summed E-state index contributed by atoms with van der Waals surface area (Å²) in [5.41, 5.74) is 2.14. The smallest absolute Gasteiger partial charge is 0.232 e. The van der Waals surface area contributed by atoms with E-state index in [-0.39, 0.29) is 18.2 Å². The summed E-state index contributed by atoms with van der Waals surface area (Å²) in [7, 11) is 0. The molecule has 0 aromatic heterocycles. The van der Waals surface area contributed by atoms with Crippen LogP contribution in [0.25, 0.3) is 0 Å². The van der Waals surface area contributed by atoms with Crippen LogP contribution in [0.1, 0.15) is 24.8 Å². The van der Waals surface area contributed by atoms with Crippen molar-refractivity contribution in [1.82, 2.24) is 0 Å². The lowest BCUT2D eigenvalue weighted by molar-refractivity contribution is -0.123. The summed E-state index contributed by atoms with van der Waals surface area (Å²) in [6.45, 7) is 2.40. The number of fused-ring (bicyclic) bond motifs is 1. The second-order valence-corrected chi connectivity index (χ2v) is 5.31. The van der Waals surface area contributed by atoms with Gasteiger partial charge in [0.15, 0.2) is 0 Å². The largest absolute Gasteiger partial charge is 0.492 e. The lowest BCUT2D eigenvalue weighted by atomic mass is 9.90. The number of anilines is 2. The van der Waals surface area contributed by atoms with Crippen molar-refractivity contribution >= 4 is 23.2 Å². The van der Waals surface area contributed by atoms with Gasteiger partial charge in [0.2, 0.25) is 11.8 Å². The maximum Gasteiger partial charge on any atom is 0.232 e. The highest BCUT2D eigenvalue weighted by atomic mass is 16.5. The van der Waals surface area contributed by atoms with E-state index in [4.69, 9.17) is 4.74 Å². The summed E-state index contributed by atoms with van der Waals surface area (Å²) in [5.74, 6) is -0.243. The molecule has 2 aromatic carbocycles. The van der Waals surface area contributed by atoms with E-state index >= 15 is 0 Å². The molecule has 2 aromatic rings. The zero-order chi connectivity index (χ0) is 16.2. The maximum atomic E-state index is 12.7. The molecular formula is C18H18N2O3. The van der Waals surface area contributed by atoms with Crippen LogP contribution in [0.2, 0.25) is 0 Å². The fraction of sp³-hybridized carbons (Fsp3) is 0.222. The maximum absolute atomic E-state index is 12.7. The first-order chi connectivity index (χ1) is 11.2. The van der Waals surface area contributed by atoms with Crippen molar-refractivity contribution in [2.45, 2.75) is 19.3 Å². The van der Waals surface area contributed by atoms with E-state index in [1.165, 1.54) is 0 Å². The molecular weight excluding hydrogens is 292 g/mol. The Bertz CT molecular complexity index is 743. The van der Waals surface area contributed by atoms with Crippen LogP contribution in [-0.2, 0) is 9.59 Å². The van der Waals surface area contributed by atoms with Crippen LogP contribution in [0.5, 0.6) is 5.75 Å². The molecule has 2 amide bonds. The van der Waals surface area contributed by atoms with Crippen LogP contribution in [-0.4, -0.2) is 18.4 Å². The first kappa shape index (κ1) is 15.1. The molecule has 1 unspecified atom stereocenters. The fourth-order valence-electron chi connectivity index (χ4n) is 2.72. The highest BCUT2D eigenvalue weighted by Gasteiger charge is 2.30. The third-order valence-electron chi connectivity index (χ3n) is 3.76. The Balaban J connectivity index is 1.86. The Morgan fingerprint density at radius 1 is 1.22 bits per heavy atom. The molecule has 0 radical (unpaired) electrons. The number of nitrogens with one attached hydrogen (secondary N) is 2. The lowest BCUT2D eigenvalue weighted by Crippen LogP contribution is -2.30. The van der Waals surface area contributed by atoms with Gasteiger partial charge in [-0.15, -0.1) is 0 Å². The Morgan fingerprint density at radius 3 is 2.78 bits per heavy atom. The van der Waals surface area contributed by atoms with E-state index in [2.05, 4.69) is 10.6 Å². The van der Waals surface area contributed by atoms with Crippen LogP contribution in [0, 0.1) is 0 Å². The average molecular weight is 310 g/mol. The molecule has 0 saturated carbocycles. The van der Waals surface area contributed by atoms with Gasteiger partial charge in [0.25, 0.3) is 0 Å². The molecule has 0 saturated heterocycles. The molecule has 2 N–H and O–H groups in total. The number of ether oxygens (including phenoxy) is 1. The van der Waals surface area contributed by atoms with Crippen molar-refractivity contribution in [3.05, 3.63) is 54.1 Å². The van der Waals surface area contributed by atoms with Crippen molar-refractivity contribution in [1.29, 1.82) is 0 Å². The average Bonchev–Trinajstić information content (AvgIpc) is 2.56. The Hall–Kier alpha value is -2.82. The van der Waals surface area contributed by atoms with Crippen molar-refractivity contribution in [3.63, 3.8) is 0 Å². The summed E-state index contributed by atoms with van der Waals surface area (Å²) in [6, 6.07) is 14.7. The van der Waals surface area contributed by atoms with E-state index in [0.717, 1.165) is 5.56 Å². The van der Waals surface area contributed by atoms with Gasteiger partial charge in [-0.25, -0.2) is 0 Å². The quantitative estimate of drug-likeness (QED) is 0.911. The standard InChI is InChI=1S/C18H18N2O3/c1-2-23-16-10-6-5-9-15(16)20-18(22)13-11-17(21)19-14-8-4-3-7-12(13)14/h3-10,13H,2,11H2,1H3,(H,19,21)(H,20,22). The van der Waals surface area contributed by atoms with Gasteiger partial charge in [0, 0.05) is 12.1 Å². The molecule has 23 heavy (non-hydrogen) atoms. The Morgan fingerprint density at radius 2 is 1.96 bits per heavy atom. The summed E-state index contributed by atoms with van der Waals surface area (Å²) in [4.78, 5) is 24.5. The van der Waals surface area contributed by atoms with Crippen LogP contribution in [0.3, 0.4) is 0 Å². The second kappa shape index (κ2) is 6.52. The molecule has 0 fully saturated rings. The second-order valence-electron chi connectivity index (χ2n) is 5.31.